The second-order valence-corrected chi connectivity index (χ2v) is 4.49. The van der Waals surface area contributed by atoms with Gasteiger partial charge in [-0.1, -0.05) is 0 Å². The molecule has 2 aromatic rings. The van der Waals surface area contributed by atoms with Crippen molar-refractivity contribution >= 4 is 10.9 Å². The van der Waals surface area contributed by atoms with Gasteiger partial charge in [0.15, 0.2) is 0 Å². The highest BCUT2D eigenvalue weighted by Crippen LogP contribution is 2.22. The molecule has 0 unspecified atom stereocenters. The topological polar surface area (TPSA) is 19.0 Å². The van der Waals surface area contributed by atoms with Gasteiger partial charge in [0.25, 0.3) is 0 Å². The fraction of sp³-hybridized carbons (Fsp3) is 0.385. The first kappa shape index (κ1) is 9.85. The van der Waals surface area contributed by atoms with Crippen LogP contribution in [-0.2, 0) is 6.54 Å². The summed E-state index contributed by atoms with van der Waals surface area (Å²) in [5.41, 5.74) is 2.23. The van der Waals surface area contributed by atoms with Crippen molar-refractivity contribution < 1.29 is 4.39 Å². The number of benzene rings is 1. The molecule has 1 aliphatic heterocycles. The van der Waals surface area contributed by atoms with E-state index in [9.17, 15) is 4.39 Å². The van der Waals surface area contributed by atoms with Crippen molar-refractivity contribution in [1.29, 1.82) is 0 Å². The number of H-pyrrole nitrogens is 1. The number of hydrogen-bond donors (Lipinski definition) is 1. The van der Waals surface area contributed by atoms with E-state index in [1.54, 1.807) is 12.1 Å². The summed E-state index contributed by atoms with van der Waals surface area (Å²) in [5, 5.41) is 1.02. The van der Waals surface area contributed by atoms with Crippen molar-refractivity contribution in [3.63, 3.8) is 0 Å². The smallest absolute Gasteiger partial charge is 0.123 e. The fourth-order valence-electron chi connectivity index (χ4n) is 2.46. The van der Waals surface area contributed by atoms with Crippen LogP contribution in [0.2, 0.25) is 0 Å². The minimum atomic E-state index is -0.158. The molecule has 16 heavy (non-hydrogen) atoms. The zero-order valence-electron chi connectivity index (χ0n) is 9.17. The van der Waals surface area contributed by atoms with Crippen LogP contribution >= 0.6 is 0 Å². The maximum absolute atomic E-state index is 13.2. The van der Waals surface area contributed by atoms with Gasteiger partial charge in [-0.3, -0.25) is 4.90 Å². The zero-order valence-corrected chi connectivity index (χ0v) is 9.17. The summed E-state index contributed by atoms with van der Waals surface area (Å²) in [4.78, 5) is 5.62. The molecule has 0 saturated carbocycles. The summed E-state index contributed by atoms with van der Waals surface area (Å²) in [6.45, 7) is 3.27. The fourth-order valence-corrected chi connectivity index (χ4v) is 2.46. The first-order chi connectivity index (χ1) is 7.83. The molecule has 1 aliphatic rings. The highest BCUT2D eigenvalue weighted by Gasteiger charge is 2.14. The van der Waals surface area contributed by atoms with Crippen LogP contribution in [-0.4, -0.2) is 23.0 Å². The third kappa shape index (κ3) is 1.71. The first-order valence-electron chi connectivity index (χ1n) is 5.81. The molecule has 3 rings (SSSR count). The van der Waals surface area contributed by atoms with Gasteiger partial charge in [0.05, 0.1) is 0 Å². The van der Waals surface area contributed by atoms with Crippen LogP contribution in [0.4, 0.5) is 4.39 Å². The number of likely N-dealkylation sites (tertiary alicyclic amines) is 1. The predicted molar refractivity (Wildman–Crippen MR) is 62.8 cm³/mol. The van der Waals surface area contributed by atoms with Crippen LogP contribution in [0.25, 0.3) is 10.9 Å². The molecule has 1 aromatic carbocycles. The Balaban J connectivity index is 1.93. The van der Waals surface area contributed by atoms with E-state index in [-0.39, 0.29) is 5.82 Å². The first-order valence-corrected chi connectivity index (χ1v) is 5.81. The summed E-state index contributed by atoms with van der Waals surface area (Å²) in [7, 11) is 0. The lowest BCUT2D eigenvalue weighted by Gasteiger charge is -2.13. The van der Waals surface area contributed by atoms with E-state index in [0.717, 1.165) is 17.4 Å². The molecule has 1 aromatic heterocycles. The summed E-state index contributed by atoms with van der Waals surface area (Å²) >= 11 is 0. The Morgan fingerprint density at radius 2 is 2.06 bits per heavy atom. The van der Waals surface area contributed by atoms with Crippen molar-refractivity contribution in [3.8, 4) is 0 Å². The van der Waals surface area contributed by atoms with Crippen LogP contribution in [0, 0.1) is 5.82 Å². The van der Waals surface area contributed by atoms with E-state index in [4.69, 9.17) is 0 Å². The quantitative estimate of drug-likeness (QED) is 0.821. The Morgan fingerprint density at radius 1 is 1.25 bits per heavy atom. The maximum atomic E-state index is 13.2. The lowest BCUT2D eigenvalue weighted by molar-refractivity contribution is 0.332. The van der Waals surface area contributed by atoms with E-state index in [0.29, 0.717) is 0 Å². The van der Waals surface area contributed by atoms with Crippen LogP contribution in [0.3, 0.4) is 0 Å². The Morgan fingerprint density at radius 3 is 2.88 bits per heavy atom. The Bertz CT molecular complexity index is 498. The zero-order chi connectivity index (χ0) is 11.0. The summed E-state index contributed by atoms with van der Waals surface area (Å²) in [5.74, 6) is -0.158. The molecule has 0 spiro atoms. The number of aromatic nitrogens is 1. The summed E-state index contributed by atoms with van der Waals surface area (Å²) in [6, 6.07) is 4.92. The maximum Gasteiger partial charge on any atom is 0.123 e. The molecule has 84 valence electrons. The molecule has 0 amide bonds. The molecule has 2 heterocycles. The molecule has 1 N–H and O–H groups in total. The molecule has 0 atom stereocenters. The number of nitrogens with zero attached hydrogens (tertiary/aromatic N) is 1. The average Bonchev–Trinajstić information content (AvgIpc) is 2.90. The van der Waals surface area contributed by atoms with Crippen molar-refractivity contribution in [2.45, 2.75) is 19.4 Å². The monoisotopic (exact) mass is 218 g/mol. The minimum absolute atomic E-state index is 0.158. The van der Waals surface area contributed by atoms with Gasteiger partial charge in [-0.15, -0.1) is 0 Å². The summed E-state index contributed by atoms with van der Waals surface area (Å²) < 4.78 is 13.2. The van der Waals surface area contributed by atoms with Crippen LogP contribution < -0.4 is 0 Å². The normalized spacial score (nSPS) is 17.3. The van der Waals surface area contributed by atoms with E-state index in [1.165, 1.54) is 37.6 Å². The van der Waals surface area contributed by atoms with Crippen LogP contribution in [0.5, 0.6) is 0 Å². The number of halogens is 1. The lowest BCUT2D eigenvalue weighted by atomic mass is 10.1. The van der Waals surface area contributed by atoms with Gasteiger partial charge >= 0.3 is 0 Å². The third-order valence-electron chi connectivity index (χ3n) is 3.32. The van der Waals surface area contributed by atoms with Gasteiger partial charge < -0.3 is 4.98 Å². The van der Waals surface area contributed by atoms with Crippen LogP contribution in [0.15, 0.2) is 24.4 Å². The molecule has 0 aliphatic carbocycles. The highest BCUT2D eigenvalue weighted by molar-refractivity contribution is 5.83. The predicted octanol–water partition coefficient (Wildman–Crippen LogP) is 2.90. The number of fused-ring (bicyclic) bond motifs is 1. The second-order valence-electron chi connectivity index (χ2n) is 4.49. The average molecular weight is 218 g/mol. The molecule has 0 bridgehead atoms. The van der Waals surface area contributed by atoms with Gasteiger partial charge in [0.2, 0.25) is 0 Å². The third-order valence-corrected chi connectivity index (χ3v) is 3.32. The van der Waals surface area contributed by atoms with Gasteiger partial charge in [-0.05, 0) is 49.7 Å². The number of nitrogens with one attached hydrogen (secondary N) is 1. The molecular formula is C13H15FN2. The van der Waals surface area contributed by atoms with Crippen molar-refractivity contribution in [1.82, 2.24) is 9.88 Å². The van der Waals surface area contributed by atoms with Crippen molar-refractivity contribution in [2.24, 2.45) is 0 Å². The van der Waals surface area contributed by atoms with Crippen molar-refractivity contribution in [2.75, 3.05) is 13.1 Å². The van der Waals surface area contributed by atoms with E-state index < -0.39 is 0 Å². The Labute approximate surface area is 94.1 Å². The van der Waals surface area contributed by atoms with E-state index in [2.05, 4.69) is 9.88 Å². The molecule has 1 fully saturated rings. The number of rotatable bonds is 2. The molecule has 2 nitrogen and oxygen atoms in total. The van der Waals surface area contributed by atoms with Gasteiger partial charge in [-0.25, -0.2) is 4.39 Å². The number of aromatic amines is 1. The van der Waals surface area contributed by atoms with Gasteiger partial charge in [0, 0.05) is 23.6 Å². The second kappa shape index (κ2) is 3.91. The largest absolute Gasteiger partial charge is 0.361 e. The SMILES string of the molecule is Fc1ccc2[nH]cc(CN3CCCC3)c2c1. The lowest BCUT2D eigenvalue weighted by Crippen LogP contribution is -2.18. The molecule has 0 radical (unpaired) electrons. The minimum Gasteiger partial charge on any atom is -0.361 e. The standard InChI is InChI=1S/C13H15FN2/c14-11-3-4-13-12(7-11)10(8-15-13)9-16-5-1-2-6-16/h3-4,7-8,15H,1-2,5-6,9H2. The van der Waals surface area contributed by atoms with Gasteiger partial charge in [-0.2, -0.15) is 0 Å². The summed E-state index contributed by atoms with van der Waals surface area (Å²) in [6.07, 6.45) is 4.58. The van der Waals surface area contributed by atoms with Crippen molar-refractivity contribution in [3.05, 3.63) is 35.8 Å². The van der Waals surface area contributed by atoms with Gasteiger partial charge in [0.1, 0.15) is 5.82 Å². The molecule has 3 heteroatoms. The highest BCUT2D eigenvalue weighted by atomic mass is 19.1. The Hall–Kier alpha value is -1.35. The van der Waals surface area contributed by atoms with E-state index in [1.807, 2.05) is 6.20 Å². The number of hydrogen-bond acceptors (Lipinski definition) is 1. The molecular weight excluding hydrogens is 203 g/mol. The van der Waals surface area contributed by atoms with Crippen LogP contribution in [0.1, 0.15) is 18.4 Å². The Kier molecular flexibility index (Phi) is 2.40. The van der Waals surface area contributed by atoms with E-state index >= 15 is 0 Å². The molecule has 1 saturated heterocycles.